The van der Waals surface area contributed by atoms with Crippen molar-refractivity contribution in [3.63, 3.8) is 0 Å². The topological polar surface area (TPSA) is 307 Å². The molecule has 0 aromatic carbocycles. The van der Waals surface area contributed by atoms with Gasteiger partial charge in [0.1, 0.15) is 73.2 Å². The van der Waals surface area contributed by atoms with E-state index in [9.17, 15) is 61.0 Å². The molecule has 12 N–H and O–H groups in total. The molecule has 19 nitrogen and oxygen atoms in total. The Morgan fingerprint density at radius 3 is 1.37 bits per heavy atom. The Morgan fingerprint density at radius 2 is 0.859 bits per heavy atom. The van der Waals surface area contributed by atoms with Gasteiger partial charge in [-0.25, -0.2) is 0 Å². The quantitative estimate of drug-likeness (QED) is 0.0287. The number of carbonyl (C=O) groups is 1. The standard InChI is InChI=1S/C59H103NO18/c1-3-5-7-9-11-13-15-17-19-20-21-23-25-27-29-31-33-35-37-47(65)60-42(43(64)36-34-32-30-28-26-24-22-18-16-14-12-10-8-6-4-2)41-73-57-53(71)50(68)55(45(39-62)75-57)78-59-54(72)51(69)56(46(40-63)76-59)77-58-52(70)49(67)48(66)44(38-61)74-58/h13,15-16,18-20,26,28,34,36,42-46,48-59,61-64,66-72H,3-12,14,17,21-25,27,29-33,35,37-41H2,1-2H3,(H,60,65)/b15-13-,18-16+,20-19-,28-26+,36-34+. The average Bonchev–Trinajstić information content (AvgIpc) is 3.48. The van der Waals surface area contributed by atoms with Gasteiger partial charge in [0, 0.05) is 6.42 Å². The minimum Gasteiger partial charge on any atom is -0.394 e. The number of carbonyl (C=O) groups excluding carboxylic acids is 1. The molecule has 19 heteroatoms. The predicted octanol–water partition coefficient (Wildman–Crippen LogP) is 4.87. The van der Waals surface area contributed by atoms with Crippen LogP contribution in [0, 0.1) is 0 Å². The summed E-state index contributed by atoms with van der Waals surface area (Å²) in [5.74, 6) is -0.301. The molecule has 0 bridgehead atoms. The number of hydrogen-bond acceptors (Lipinski definition) is 18. The lowest BCUT2D eigenvalue weighted by Gasteiger charge is -2.48. The first-order valence-corrected chi connectivity index (χ1v) is 29.5. The van der Waals surface area contributed by atoms with Gasteiger partial charge < -0.3 is 89.9 Å². The molecule has 0 aromatic rings. The van der Waals surface area contributed by atoms with Gasteiger partial charge in [-0.15, -0.1) is 0 Å². The number of unbranched alkanes of at least 4 members (excludes halogenated alkanes) is 18. The number of aliphatic hydroxyl groups excluding tert-OH is 11. The highest BCUT2D eigenvalue weighted by Crippen LogP contribution is 2.33. The molecule has 0 spiro atoms. The summed E-state index contributed by atoms with van der Waals surface area (Å²) in [5.41, 5.74) is 0. The third-order valence-electron chi connectivity index (χ3n) is 14.5. The van der Waals surface area contributed by atoms with E-state index in [2.05, 4.69) is 67.8 Å². The molecule has 1 amide bonds. The monoisotopic (exact) mass is 1110 g/mol. The first-order valence-electron chi connectivity index (χ1n) is 29.5. The largest absolute Gasteiger partial charge is 0.394 e. The molecule has 17 atom stereocenters. The lowest BCUT2D eigenvalue weighted by Crippen LogP contribution is -2.66. The molecule has 3 aliphatic heterocycles. The summed E-state index contributed by atoms with van der Waals surface area (Å²) < 4.78 is 34.2. The van der Waals surface area contributed by atoms with Crippen molar-refractivity contribution in [3.8, 4) is 0 Å². The van der Waals surface area contributed by atoms with Crippen molar-refractivity contribution in [3.05, 3.63) is 60.8 Å². The zero-order valence-corrected chi connectivity index (χ0v) is 46.9. The lowest BCUT2D eigenvalue weighted by atomic mass is 9.96. The summed E-state index contributed by atoms with van der Waals surface area (Å²) >= 11 is 0. The van der Waals surface area contributed by atoms with Crippen molar-refractivity contribution in [2.45, 2.75) is 279 Å². The molecule has 0 saturated carbocycles. The van der Waals surface area contributed by atoms with Crippen LogP contribution in [0.2, 0.25) is 0 Å². The molecule has 3 saturated heterocycles. The van der Waals surface area contributed by atoms with E-state index in [1.807, 2.05) is 6.08 Å². The van der Waals surface area contributed by atoms with Crippen molar-refractivity contribution in [1.29, 1.82) is 0 Å². The van der Waals surface area contributed by atoms with Gasteiger partial charge in [0.05, 0.1) is 38.6 Å². The second-order valence-electron chi connectivity index (χ2n) is 21.1. The first-order chi connectivity index (χ1) is 37.8. The Labute approximate surface area is 465 Å². The van der Waals surface area contributed by atoms with Crippen LogP contribution in [0.4, 0.5) is 0 Å². The van der Waals surface area contributed by atoms with E-state index in [1.165, 1.54) is 57.8 Å². The summed E-state index contributed by atoms with van der Waals surface area (Å²) in [6, 6.07) is -1.00. The Hall–Kier alpha value is -2.51. The first kappa shape index (κ1) is 69.8. The van der Waals surface area contributed by atoms with Gasteiger partial charge in [0.2, 0.25) is 5.91 Å². The van der Waals surface area contributed by atoms with Crippen LogP contribution in [-0.2, 0) is 33.2 Å². The van der Waals surface area contributed by atoms with Gasteiger partial charge in [0.25, 0.3) is 0 Å². The maximum atomic E-state index is 13.3. The highest BCUT2D eigenvalue weighted by molar-refractivity contribution is 5.76. The van der Waals surface area contributed by atoms with Crippen molar-refractivity contribution >= 4 is 5.91 Å². The van der Waals surface area contributed by atoms with Crippen molar-refractivity contribution in [2.75, 3.05) is 26.4 Å². The fraction of sp³-hybridized carbons (Fsp3) is 0.814. The third-order valence-corrected chi connectivity index (χ3v) is 14.5. The van der Waals surface area contributed by atoms with Crippen LogP contribution in [0.5, 0.6) is 0 Å². The molecule has 3 heterocycles. The van der Waals surface area contributed by atoms with E-state index < -0.39 is 124 Å². The number of rotatable bonds is 42. The van der Waals surface area contributed by atoms with Crippen molar-refractivity contribution in [1.82, 2.24) is 5.32 Å². The summed E-state index contributed by atoms with van der Waals surface area (Å²) in [6.07, 6.45) is 20.6. The van der Waals surface area contributed by atoms with Gasteiger partial charge in [0.15, 0.2) is 18.9 Å². The van der Waals surface area contributed by atoms with Crippen LogP contribution >= 0.6 is 0 Å². The summed E-state index contributed by atoms with van der Waals surface area (Å²) in [4.78, 5) is 13.3. The molecule has 3 fully saturated rings. The van der Waals surface area contributed by atoms with Crippen LogP contribution < -0.4 is 5.32 Å². The lowest BCUT2D eigenvalue weighted by molar-refractivity contribution is -0.379. The molecule has 3 rings (SSSR count). The Morgan fingerprint density at radius 1 is 0.462 bits per heavy atom. The SMILES string of the molecule is CCCCCC/C=C\C/C=C\CCCCCCCCCC(=O)NC(COC1OC(CO)C(OC2OC(CO)C(OC3OC(CO)C(O)C(O)C3O)C(O)C2O)C(O)C1O)C(O)/C=C/CC/C=C/CC/C=C/CCCCCCC. The Bertz CT molecular complexity index is 1660. The van der Waals surface area contributed by atoms with E-state index in [0.717, 1.165) is 83.5 Å². The van der Waals surface area contributed by atoms with E-state index in [4.69, 9.17) is 28.4 Å². The number of allylic oxidation sites excluding steroid dienone is 9. The third kappa shape index (κ3) is 26.2. The van der Waals surface area contributed by atoms with Crippen molar-refractivity contribution < 1.29 is 89.4 Å². The number of nitrogens with one attached hydrogen (secondary N) is 1. The van der Waals surface area contributed by atoms with Crippen molar-refractivity contribution in [2.24, 2.45) is 0 Å². The number of ether oxygens (including phenoxy) is 6. The zero-order chi connectivity index (χ0) is 56.9. The fourth-order valence-electron chi connectivity index (χ4n) is 9.60. The Kier molecular flexibility index (Phi) is 37.9. The normalized spacial score (nSPS) is 30.9. The minimum atomic E-state index is -1.98. The minimum absolute atomic E-state index is 0.221. The van der Waals surface area contributed by atoms with Crippen LogP contribution in [0.1, 0.15) is 174 Å². The van der Waals surface area contributed by atoms with Gasteiger partial charge in [-0.3, -0.25) is 4.79 Å². The molecule has 3 aliphatic rings. The molecular weight excluding hydrogens is 1010 g/mol. The summed E-state index contributed by atoms with van der Waals surface area (Å²) in [5, 5.41) is 120. The number of hydrogen-bond donors (Lipinski definition) is 12. The average molecular weight is 1110 g/mol. The fourth-order valence-corrected chi connectivity index (χ4v) is 9.60. The van der Waals surface area contributed by atoms with Gasteiger partial charge in [-0.05, 0) is 77.0 Å². The molecule has 0 aliphatic carbocycles. The second-order valence-corrected chi connectivity index (χ2v) is 21.1. The maximum Gasteiger partial charge on any atom is 0.220 e. The molecular formula is C59H103NO18. The molecule has 78 heavy (non-hydrogen) atoms. The van der Waals surface area contributed by atoms with Gasteiger partial charge >= 0.3 is 0 Å². The molecule has 452 valence electrons. The van der Waals surface area contributed by atoms with Crippen LogP contribution in [0.25, 0.3) is 0 Å². The zero-order valence-electron chi connectivity index (χ0n) is 46.9. The van der Waals surface area contributed by atoms with Crippen LogP contribution in [-0.4, -0.2) is 193 Å². The second kappa shape index (κ2) is 42.3. The summed E-state index contributed by atoms with van der Waals surface area (Å²) in [7, 11) is 0. The van der Waals surface area contributed by atoms with Gasteiger partial charge in [-0.2, -0.15) is 0 Å². The maximum absolute atomic E-state index is 13.3. The number of aliphatic hydroxyl groups is 11. The number of amides is 1. The van der Waals surface area contributed by atoms with Crippen LogP contribution in [0.3, 0.4) is 0 Å². The molecule has 0 aromatic heterocycles. The predicted molar refractivity (Wildman–Crippen MR) is 295 cm³/mol. The smallest absolute Gasteiger partial charge is 0.220 e. The Balaban J connectivity index is 1.53. The molecule has 0 radical (unpaired) electrons. The van der Waals surface area contributed by atoms with E-state index in [-0.39, 0.29) is 18.9 Å². The van der Waals surface area contributed by atoms with E-state index >= 15 is 0 Å². The van der Waals surface area contributed by atoms with Crippen LogP contribution in [0.15, 0.2) is 60.8 Å². The highest BCUT2D eigenvalue weighted by atomic mass is 16.8. The van der Waals surface area contributed by atoms with Gasteiger partial charge in [-0.1, -0.05) is 152 Å². The highest BCUT2D eigenvalue weighted by Gasteiger charge is 2.53. The summed E-state index contributed by atoms with van der Waals surface area (Å²) in [6.45, 7) is 1.63. The van der Waals surface area contributed by atoms with E-state index in [0.29, 0.717) is 12.8 Å². The molecule has 17 unspecified atom stereocenters. The van der Waals surface area contributed by atoms with E-state index in [1.54, 1.807) is 6.08 Å².